The molecule has 0 spiro atoms. The molecule has 38 heavy (non-hydrogen) atoms. The Morgan fingerprint density at radius 1 is 0.921 bits per heavy atom. The van der Waals surface area contributed by atoms with E-state index in [1.54, 1.807) is 45.0 Å². The van der Waals surface area contributed by atoms with Crippen LogP contribution in [0.5, 0.6) is 5.75 Å². The van der Waals surface area contributed by atoms with Gasteiger partial charge in [0.2, 0.25) is 0 Å². The van der Waals surface area contributed by atoms with Crippen molar-refractivity contribution < 1.29 is 32.2 Å². The number of halogens is 3. The number of nitrogens with one attached hydrogen (secondary N) is 2. The number of nitrogens with zero attached hydrogens (tertiary/aromatic N) is 1. The van der Waals surface area contributed by atoms with Crippen LogP contribution in [0.25, 0.3) is 0 Å². The Kier molecular flexibility index (Phi) is 10.0. The van der Waals surface area contributed by atoms with E-state index in [2.05, 4.69) is 15.5 Å². The van der Waals surface area contributed by atoms with Gasteiger partial charge in [-0.25, -0.2) is 4.79 Å². The summed E-state index contributed by atoms with van der Waals surface area (Å²) in [6, 6.07) is 12.3. The van der Waals surface area contributed by atoms with Crippen LogP contribution in [0.3, 0.4) is 0 Å². The van der Waals surface area contributed by atoms with Gasteiger partial charge in [0.05, 0.1) is 5.56 Å². The Morgan fingerprint density at radius 3 is 2.11 bits per heavy atom. The molecule has 0 radical (unpaired) electrons. The molecule has 2 aromatic carbocycles. The molecule has 10 heteroatoms. The molecule has 3 rings (SSSR count). The lowest BCUT2D eigenvalue weighted by atomic mass is 10.1. The van der Waals surface area contributed by atoms with E-state index < -0.39 is 23.4 Å². The summed E-state index contributed by atoms with van der Waals surface area (Å²) in [6.07, 6.45) is -2.58. The fourth-order valence-electron chi connectivity index (χ4n) is 4.02. The highest BCUT2D eigenvalue weighted by Crippen LogP contribution is 2.29. The van der Waals surface area contributed by atoms with Crippen LogP contribution in [0.1, 0.15) is 61.5 Å². The van der Waals surface area contributed by atoms with E-state index >= 15 is 0 Å². The zero-order valence-electron chi connectivity index (χ0n) is 22.1. The predicted molar refractivity (Wildman–Crippen MR) is 138 cm³/mol. The summed E-state index contributed by atoms with van der Waals surface area (Å²) in [5, 5.41) is 5.48. The number of piperidine rings is 1. The normalized spacial score (nSPS) is 15.1. The highest BCUT2D eigenvalue weighted by Gasteiger charge is 2.30. The molecule has 0 saturated carbocycles. The number of hydrogen-bond donors (Lipinski definition) is 2. The number of alkyl carbamates (subject to hydrolysis) is 1. The molecule has 208 valence electrons. The van der Waals surface area contributed by atoms with Crippen LogP contribution in [0.2, 0.25) is 0 Å². The molecule has 2 N–H and O–H groups in total. The Hall–Kier alpha value is -3.27. The van der Waals surface area contributed by atoms with Crippen molar-refractivity contribution in [2.75, 3.05) is 26.2 Å². The van der Waals surface area contributed by atoms with Crippen LogP contribution in [0.4, 0.5) is 18.0 Å². The quantitative estimate of drug-likeness (QED) is 0.421. The molecule has 7 nitrogen and oxygen atoms in total. The number of carbonyl (C=O) groups excluding carboxylic acids is 2. The van der Waals surface area contributed by atoms with Crippen LogP contribution in [-0.4, -0.2) is 54.8 Å². The second kappa shape index (κ2) is 13.0. The second-order valence-electron chi connectivity index (χ2n) is 10.4. The van der Waals surface area contributed by atoms with Crippen LogP contribution in [0.15, 0.2) is 48.5 Å². The standard InChI is InChI=1S/C28H36F3N3O4/c1-27(2,3)38-26(36)33-16-4-15-32-25(35)21-7-11-23(12-8-21)37-24-13-17-34(18-14-24)19-20-5-9-22(10-6-20)28(29,30)31/h5-12,24H,4,13-19H2,1-3H3,(H,32,35)(H,33,36). The summed E-state index contributed by atoms with van der Waals surface area (Å²) < 4.78 is 49.5. The van der Waals surface area contributed by atoms with E-state index in [0.29, 0.717) is 37.4 Å². The van der Waals surface area contributed by atoms with Crippen LogP contribution >= 0.6 is 0 Å². The van der Waals surface area contributed by atoms with Crippen molar-refractivity contribution in [2.24, 2.45) is 0 Å². The van der Waals surface area contributed by atoms with Gasteiger partial charge < -0.3 is 20.1 Å². The van der Waals surface area contributed by atoms with E-state index in [4.69, 9.17) is 9.47 Å². The Morgan fingerprint density at radius 2 is 1.53 bits per heavy atom. The monoisotopic (exact) mass is 535 g/mol. The number of alkyl halides is 3. The van der Waals surface area contributed by atoms with E-state index in [-0.39, 0.29) is 12.0 Å². The maximum atomic E-state index is 12.7. The topological polar surface area (TPSA) is 79.9 Å². The molecule has 0 aromatic heterocycles. The molecule has 1 heterocycles. The van der Waals surface area contributed by atoms with Crippen LogP contribution in [0, 0.1) is 0 Å². The number of likely N-dealkylation sites (tertiary alicyclic amines) is 1. The predicted octanol–water partition coefficient (Wildman–Crippen LogP) is 5.39. The van der Waals surface area contributed by atoms with E-state index in [1.807, 2.05) is 0 Å². The van der Waals surface area contributed by atoms with Crippen molar-refractivity contribution in [3.8, 4) is 5.75 Å². The Bertz CT molecular complexity index is 1040. The molecule has 0 atom stereocenters. The molecule has 0 aliphatic carbocycles. The summed E-state index contributed by atoms with van der Waals surface area (Å²) in [5.74, 6) is 0.481. The molecule has 2 aromatic rings. The van der Waals surface area contributed by atoms with Crippen LogP contribution < -0.4 is 15.4 Å². The third kappa shape index (κ3) is 9.89. The summed E-state index contributed by atoms with van der Waals surface area (Å²) in [7, 11) is 0. The third-order valence-electron chi connectivity index (χ3n) is 5.95. The smallest absolute Gasteiger partial charge is 0.416 e. The first-order valence-electron chi connectivity index (χ1n) is 12.8. The molecule has 1 fully saturated rings. The minimum Gasteiger partial charge on any atom is -0.490 e. The summed E-state index contributed by atoms with van der Waals surface area (Å²) in [6.45, 7) is 8.37. The van der Waals surface area contributed by atoms with Gasteiger partial charge in [0.1, 0.15) is 17.5 Å². The largest absolute Gasteiger partial charge is 0.490 e. The van der Waals surface area contributed by atoms with Gasteiger partial charge >= 0.3 is 12.3 Å². The van der Waals surface area contributed by atoms with Gasteiger partial charge in [-0.3, -0.25) is 9.69 Å². The zero-order valence-corrected chi connectivity index (χ0v) is 22.1. The molecule has 0 bridgehead atoms. The molecule has 2 amide bonds. The van der Waals surface area contributed by atoms with Gasteiger partial charge in [0, 0.05) is 38.3 Å². The van der Waals surface area contributed by atoms with E-state index in [0.717, 1.165) is 43.6 Å². The zero-order chi connectivity index (χ0) is 27.8. The Balaban J connectivity index is 1.34. The molecule has 1 saturated heterocycles. The van der Waals surface area contributed by atoms with Crippen molar-refractivity contribution in [1.29, 1.82) is 0 Å². The first-order valence-corrected chi connectivity index (χ1v) is 12.8. The molecule has 1 aliphatic heterocycles. The summed E-state index contributed by atoms with van der Waals surface area (Å²) in [4.78, 5) is 26.2. The van der Waals surface area contributed by atoms with Gasteiger partial charge in [-0.1, -0.05) is 12.1 Å². The number of rotatable bonds is 9. The first-order chi connectivity index (χ1) is 17.9. The highest BCUT2D eigenvalue weighted by atomic mass is 19.4. The lowest BCUT2D eigenvalue weighted by Crippen LogP contribution is -2.37. The third-order valence-corrected chi connectivity index (χ3v) is 5.95. The minimum absolute atomic E-state index is 0.0380. The Labute approximate surface area is 221 Å². The lowest BCUT2D eigenvalue weighted by Gasteiger charge is -2.32. The molecular formula is C28H36F3N3O4. The number of hydrogen-bond acceptors (Lipinski definition) is 5. The molecule has 1 aliphatic rings. The number of carbonyl (C=O) groups is 2. The average Bonchev–Trinajstić information content (AvgIpc) is 2.84. The number of amides is 2. The van der Waals surface area contributed by atoms with Crippen molar-refractivity contribution in [3.63, 3.8) is 0 Å². The van der Waals surface area contributed by atoms with E-state index in [1.165, 1.54) is 12.1 Å². The van der Waals surface area contributed by atoms with E-state index in [9.17, 15) is 22.8 Å². The number of ether oxygens (including phenoxy) is 2. The second-order valence-corrected chi connectivity index (χ2v) is 10.4. The van der Waals surface area contributed by atoms with Crippen molar-refractivity contribution >= 4 is 12.0 Å². The van der Waals surface area contributed by atoms with Gasteiger partial charge in [-0.05, 0) is 82.0 Å². The van der Waals surface area contributed by atoms with Gasteiger partial charge in [0.15, 0.2) is 0 Å². The lowest BCUT2D eigenvalue weighted by molar-refractivity contribution is -0.137. The van der Waals surface area contributed by atoms with Crippen molar-refractivity contribution in [3.05, 3.63) is 65.2 Å². The van der Waals surface area contributed by atoms with Gasteiger partial charge in [-0.15, -0.1) is 0 Å². The summed E-state index contributed by atoms with van der Waals surface area (Å²) >= 11 is 0. The molecular weight excluding hydrogens is 499 g/mol. The van der Waals surface area contributed by atoms with Gasteiger partial charge in [0.25, 0.3) is 5.91 Å². The van der Waals surface area contributed by atoms with Crippen LogP contribution in [-0.2, 0) is 17.5 Å². The fourth-order valence-corrected chi connectivity index (χ4v) is 4.02. The summed E-state index contributed by atoms with van der Waals surface area (Å²) in [5.41, 5.74) is 0.183. The first kappa shape index (κ1) is 29.3. The van der Waals surface area contributed by atoms with Crippen molar-refractivity contribution in [2.45, 2.75) is 64.5 Å². The van der Waals surface area contributed by atoms with Crippen molar-refractivity contribution in [1.82, 2.24) is 15.5 Å². The fraction of sp³-hybridized carbons (Fsp3) is 0.500. The minimum atomic E-state index is -4.32. The average molecular weight is 536 g/mol. The SMILES string of the molecule is CC(C)(C)OC(=O)NCCCNC(=O)c1ccc(OC2CCN(Cc3ccc(C(F)(F)F)cc3)CC2)cc1. The maximum Gasteiger partial charge on any atom is 0.416 e. The highest BCUT2D eigenvalue weighted by molar-refractivity contribution is 5.94. The maximum absolute atomic E-state index is 12.7. The number of benzene rings is 2. The molecule has 0 unspecified atom stereocenters. The van der Waals surface area contributed by atoms with Gasteiger partial charge in [-0.2, -0.15) is 13.2 Å².